The first kappa shape index (κ1) is 9.78. The van der Waals surface area contributed by atoms with Gasteiger partial charge in [0.05, 0.1) is 18.4 Å². The van der Waals surface area contributed by atoms with Crippen LogP contribution >= 0.6 is 0 Å². The molecule has 0 saturated heterocycles. The number of aryl methyl sites for hydroxylation is 1. The van der Waals surface area contributed by atoms with Gasteiger partial charge in [-0.1, -0.05) is 10.4 Å². The zero-order valence-corrected chi connectivity index (χ0v) is 8.70. The molecule has 0 aliphatic heterocycles. The van der Waals surface area contributed by atoms with Gasteiger partial charge in [0.1, 0.15) is 5.69 Å². The van der Waals surface area contributed by atoms with Gasteiger partial charge in [-0.25, -0.2) is 4.68 Å². The van der Waals surface area contributed by atoms with Crippen LogP contribution in [0.1, 0.15) is 24.4 Å². The molecule has 0 bridgehead atoms. The summed E-state index contributed by atoms with van der Waals surface area (Å²) in [4.78, 5) is 0. The molecule has 0 amide bonds. The van der Waals surface area contributed by atoms with E-state index in [-0.39, 0.29) is 6.04 Å². The van der Waals surface area contributed by atoms with Gasteiger partial charge in [0.25, 0.3) is 0 Å². The van der Waals surface area contributed by atoms with E-state index in [1.54, 1.807) is 9.36 Å². The molecule has 7 nitrogen and oxygen atoms in total. The normalized spacial score (nSPS) is 13.0. The molecular weight excluding hydrogens is 194 g/mol. The molecule has 2 aromatic rings. The lowest BCUT2D eigenvalue weighted by atomic mass is 10.3. The predicted octanol–water partition coefficient (Wildman–Crippen LogP) is -0.525. The number of hydrogen-bond donors (Lipinski definition) is 1. The average molecular weight is 207 g/mol. The molecule has 80 valence electrons. The minimum absolute atomic E-state index is 0.0967. The first-order valence-corrected chi connectivity index (χ1v) is 4.66. The number of aromatic nitrogens is 6. The fourth-order valence-corrected chi connectivity index (χ4v) is 1.23. The largest absolute Gasteiger partial charge is 0.323 e. The molecular formula is C8H13N7. The van der Waals surface area contributed by atoms with E-state index < -0.39 is 0 Å². The van der Waals surface area contributed by atoms with E-state index in [9.17, 15) is 0 Å². The van der Waals surface area contributed by atoms with Crippen LogP contribution in [0.3, 0.4) is 0 Å². The molecule has 1 unspecified atom stereocenters. The number of hydrogen-bond acceptors (Lipinski definition) is 5. The summed E-state index contributed by atoms with van der Waals surface area (Å²) in [5, 5.41) is 15.7. The Morgan fingerprint density at radius 1 is 1.33 bits per heavy atom. The molecule has 2 rings (SSSR count). The van der Waals surface area contributed by atoms with E-state index in [2.05, 4.69) is 20.6 Å². The Morgan fingerprint density at radius 3 is 2.67 bits per heavy atom. The number of nitrogens with zero attached hydrogens (tertiary/aromatic N) is 6. The van der Waals surface area contributed by atoms with Crippen molar-refractivity contribution >= 4 is 0 Å². The minimum atomic E-state index is -0.0967. The maximum atomic E-state index is 5.68. The van der Waals surface area contributed by atoms with Gasteiger partial charge in [0.15, 0.2) is 0 Å². The summed E-state index contributed by atoms with van der Waals surface area (Å²) in [6.07, 6.45) is 3.66. The standard InChI is InChI=1S/C8H13N7/c1-6(9)8-5-15(13-11-8)4-7-3-14(2)12-10-7/h3,5-6H,4,9H2,1-2H3. The molecule has 0 spiro atoms. The van der Waals surface area contributed by atoms with Crippen LogP contribution in [0.5, 0.6) is 0 Å². The maximum Gasteiger partial charge on any atom is 0.104 e. The fourth-order valence-electron chi connectivity index (χ4n) is 1.23. The molecule has 1 atom stereocenters. The molecule has 0 aromatic carbocycles. The van der Waals surface area contributed by atoms with Gasteiger partial charge in [-0.2, -0.15) is 0 Å². The summed E-state index contributed by atoms with van der Waals surface area (Å²) >= 11 is 0. The van der Waals surface area contributed by atoms with E-state index in [0.717, 1.165) is 11.4 Å². The zero-order chi connectivity index (χ0) is 10.8. The summed E-state index contributed by atoms with van der Waals surface area (Å²) in [6.45, 7) is 2.43. The van der Waals surface area contributed by atoms with Crippen LogP contribution < -0.4 is 5.73 Å². The Hall–Kier alpha value is -1.76. The van der Waals surface area contributed by atoms with E-state index >= 15 is 0 Å². The molecule has 0 fully saturated rings. The summed E-state index contributed by atoms with van der Waals surface area (Å²) in [7, 11) is 1.82. The van der Waals surface area contributed by atoms with Crippen LogP contribution in [0.25, 0.3) is 0 Å². The van der Waals surface area contributed by atoms with Crippen molar-refractivity contribution in [3.63, 3.8) is 0 Å². The third-order valence-corrected chi connectivity index (χ3v) is 2.00. The van der Waals surface area contributed by atoms with Crippen LogP contribution in [-0.2, 0) is 13.6 Å². The Balaban J connectivity index is 2.11. The first-order valence-electron chi connectivity index (χ1n) is 4.66. The molecule has 2 N–H and O–H groups in total. The third-order valence-electron chi connectivity index (χ3n) is 2.00. The van der Waals surface area contributed by atoms with Gasteiger partial charge in [0, 0.05) is 19.3 Å². The highest BCUT2D eigenvalue weighted by Crippen LogP contribution is 2.04. The van der Waals surface area contributed by atoms with Gasteiger partial charge in [0.2, 0.25) is 0 Å². The van der Waals surface area contributed by atoms with Crippen molar-refractivity contribution in [2.75, 3.05) is 0 Å². The number of rotatable bonds is 3. The van der Waals surface area contributed by atoms with E-state index in [1.165, 1.54) is 0 Å². The second-order valence-corrected chi connectivity index (χ2v) is 3.51. The highest BCUT2D eigenvalue weighted by molar-refractivity contribution is 5.00. The van der Waals surface area contributed by atoms with Crippen molar-refractivity contribution < 1.29 is 0 Å². The predicted molar refractivity (Wildman–Crippen MR) is 52.7 cm³/mol. The van der Waals surface area contributed by atoms with Gasteiger partial charge >= 0.3 is 0 Å². The Kier molecular flexibility index (Phi) is 2.46. The SMILES string of the molecule is CC(N)c1cn(Cc2cn(C)nn2)nn1. The lowest BCUT2D eigenvalue weighted by molar-refractivity contribution is 0.635. The van der Waals surface area contributed by atoms with Crippen molar-refractivity contribution in [1.29, 1.82) is 0 Å². The van der Waals surface area contributed by atoms with Crippen molar-refractivity contribution in [3.8, 4) is 0 Å². The molecule has 15 heavy (non-hydrogen) atoms. The fraction of sp³-hybridized carbons (Fsp3) is 0.500. The van der Waals surface area contributed by atoms with Crippen molar-refractivity contribution in [1.82, 2.24) is 30.0 Å². The third kappa shape index (κ3) is 2.18. The molecule has 0 radical (unpaired) electrons. The van der Waals surface area contributed by atoms with Crippen LogP contribution in [0.4, 0.5) is 0 Å². The highest BCUT2D eigenvalue weighted by atomic mass is 15.4. The zero-order valence-electron chi connectivity index (χ0n) is 8.70. The van der Waals surface area contributed by atoms with Crippen molar-refractivity contribution in [3.05, 3.63) is 23.8 Å². The van der Waals surface area contributed by atoms with Gasteiger partial charge in [-0.15, -0.1) is 10.2 Å². The van der Waals surface area contributed by atoms with E-state index in [4.69, 9.17) is 5.73 Å². The van der Waals surface area contributed by atoms with Crippen molar-refractivity contribution in [2.45, 2.75) is 19.5 Å². The Labute approximate surface area is 86.9 Å². The van der Waals surface area contributed by atoms with Gasteiger partial charge in [-0.3, -0.25) is 4.68 Å². The number of nitrogens with two attached hydrogens (primary N) is 1. The van der Waals surface area contributed by atoms with Gasteiger partial charge < -0.3 is 5.73 Å². The summed E-state index contributed by atoms with van der Waals surface area (Å²) in [5.41, 5.74) is 7.30. The van der Waals surface area contributed by atoms with Crippen LogP contribution in [-0.4, -0.2) is 30.0 Å². The summed E-state index contributed by atoms with van der Waals surface area (Å²) < 4.78 is 3.35. The quantitative estimate of drug-likeness (QED) is 0.731. The highest BCUT2D eigenvalue weighted by Gasteiger charge is 2.06. The summed E-state index contributed by atoms with van der Waals surface area (Å²) in [6, 6.07) is -0.0967. The Morgan fingerprint density at radius 2 is 2.13 bits per heavy atom. The first-order chi connectivity index (χ1) is 7.15. The van der Waals surface area contributed by atoms with Crippen molar-refractivity contribution in [2.24, 2.45) is 12.8 Å². The lowest BCUT2D eigenvalue weighted by Crippen LogP contribution is -2.05. The average Bonchev–Trinajstić information content (AvgIpc) is 2.76. The van der Waals surface area contributed by atoms with Crippen LogP contribution in [0.15, 0.2) is 12.4 Å². The molecule has 0 aliphatic carbocycles. The Bertz CT molecular complexity index is 441. The van der Waals surface area contributed by atoms with E-state index in [0.29, 0.717) is 6.54 Å². The second-order valence-electron chi connectivity index (χ2n) is 3.51. The molecule has 0 saturated carbocycles. The summed E-state index contributed by atoms with van der Waals surface area (Å²) in [5.74, 6) is 0. The molecule has 0 aliphatic rings. The molecule has 2 aromatic heterocycles. The minimum Gasteiger partial charge on any atom is -0.323 e. The topological polar surface area (TPSA) is 87.4 Å². The van der Waals surface area contributed by atoms with Crippen LogP contribution in [0.2, 0.25) is 0 Å². The molecule has 7 heteroatoms. The second kappa shape index (κ2) is 3.77. The smallest absolute Gasteiger partial charge is 0.104 e. The van der Waals surface area contributed by atoms with Crippen LogP contribution in [0, 0.1) is 0 Å². The maximum absolute atomic E-state index is 5.68. The van der Waals surface area contributed by atoms with Gasteiger partial charge in [-0.05, 0) is 6.92 Å². The lowest BCUT2D eigenvalue weighted by Gasteiger charge is -1.96. The monoisotopic (exact) mass is 207 g/mol. The molecule has 2 heterocycles. The van der Waals surface area contributed by atoms with E-state index in [1.807, 2.05) is 26.4 Å².